The molecular weight excluding hydrogens is 428 g/mol. The number of nitrogens with one attached hydrogen (secondary N) is 1. The fourth-order valence-electron chi connectivity index (χ4n) is 3.70. The zero-order valence-electron chi connectivity index (χ0n) is 17.4. The molecule has 0 aliphatic carbocycles. The lowest BCUT2D eigenvalue weighted by atomic mass is 10.2. The maximum absolute atomic E-state index is 12.1. The largest absolute Gasteiger partial charge is 0.494 e. The number of rotatable bonds is 5. The van der Waals surface area contributed by atoms with E-state index in [-0.39, 0.29) is 5.88 Å². The summed E-state index contributed by atoms with van der Waals surface area (Å²) in [5, 5.41) is 14.5. The first kappa shape index (κ1) is 20.3. The summed E-state index contributed by atoms with van der Waals surface area (Å²) in [6.45, 7) is 3.05. The van der Waals surface area contributed by atoms with Gasteiger partial charge in [0.15, 0.2) is 5.88 Å². The number of pyridine rings is 2. The average molecular weight is 451 g/mol. The van der Waals surface area contributed by atoms with Crippen LogP contribution in [0, 0.1) is 0 Å². The van der Waals surface area contributed by atoms with Gasteiger partial charge in [-0.3, -0.25) is 4.79 Å². The van der Waals surface area contributed by atoms with Crippen molar-refractivity contribution in [3.8, 4) is 16.3 Å². The molecule has 4 N–H and O–H groups in total. The van der Waals surface area contributed by atoms with Crippen molar-refractivity contribution in [3.63, 3.8) is 0 Å². The topological polar surface area (TPSA) is 119 Å². The van der Waals surface area contributed by atoms with Crippen molar-refractivity contribution < 1.29 is 14.6 Å². The molecule has 5 rings (SSSR count). The van der Waals surface area contributed by atoms with E-state index < -0.39 is 5.91 Å². The lowest BCUT2D eigenvalue weighted by Crippen LogP contribution is -2.36. The monoisotopic (exact) mass is 450 g/mol. The van der Waals surface area contributed by atoms with E-state index in [1.54, 1.807) is 36.0 Å². The van der Waals surface area contributed by atoms with E-state index in [1.807, 2.05) is 18.3 Å². The van der Waals surface area contributed by atoms with Crippen LogP contribution in [-0.4, -0.2) is 51.9 Å². The van der Waals surface area contributed by atoms with Crippen molar-refractivity contribution in [2.24, 2.45) is 12.8 Å². The molecular formula is C22H22N6O3S. The number of amides is 1. The Morgan fingerprint density at radius 2 is 2.06 bits per heavy atom. The summed E-state index contributed by atoms with van der Waals surface area (Å²) in [5.74, 6) is 1.10. The normalized spacial score (nSPS) is 14.1. The first-order valence-electron chi connectivity index (χ1n) is 10.1. The van der Waals surface area contributed by atoms with E-state index in [2.05, 4.69) is 20.2 Å². The number of hydrogen-bond acceptors (Lipinski definition) is 8. The third kappa shape index (κ3) is 3.74. The van der Waals surface area contributed by atoms with Gasteiger partial charge in [0.05, 0.1) is 29.7 Å². The molecule has 0 aromatic carbocycles. The molecule has 1 aliphatic rings. The predicted molar refractivity (Wildman–Crippen MR) is 125 cm³/mol. The number of carbonyl (C=O) groups excluding carboxylic acids is 1. The van der Waals surface area contributed by atoms with Crippen LogP contribution in [0.3, 0.4) is 0 Å². The zero-order valence-corrected chi connectivity index (χ0v) is 18.2. The van der Waals surface area contributed by atoms with Gasteiger partial charge in [0.2, 0.25) is 0 Å². The first-order valence-corrected chi connectivity index (χ1v) is 11.0. The molecule has 10 heteroatoms. The summed E-state index contributed by atoms with van der Waals surface area (Å²) in [5.41, 5.74) is 7.57. The van der Waals surface area contributed by atoms with Gasteiger partial charge in [0, 0.05) is 43.0 Å². The molecule has 4 aromatic rings. The number of ether oxygens (including phenoxy) is 1. The van der Waals surface area contributed by atoms with Gasteiger partial charge in [0.25, 0.3) is 5.91 Å². The molecule has 1 saturated heterocycles. The van der Waals surface area contributed by atoms with Crippen molar-refractivity contribution in [2.45, 2.75) is 0 Å². The van der Waals surface area contributed by atoms with Crippen LogP contribution in [0.4, 0.5) is 16.6 Å². The second kappa shape index (κ2) is 8.13. The fourth-order valence-corrected chi connectivity index (χ4v) is 4.76. The van der Waals surface area contributed by atoms with Crippen LogP contribution in [0.1, 0.15) is 10.4 Å². The van der Waals surface area contributed by atoms with Gasteiger partial charge in [-0.1, -0.05) is 0 Å². The Labute approximate surface area is 188 Å². The third-order valence-electron chi connectivity index (χ3n) is 5.42. The highest BCUT2D eigenvalue weighted by Crippen LogP contribution is 2.37. The van der Waals surface area contributed by atoms with E-state index in [1.165, 1.54) is 11.3 Å². The van der Waals surface area contributed by atoms with Gasteiger partial charge >= 0.3 is 0 Å². The number of primary amides is 1. The molecule has 32 heavy (non-hydrogen) atoms. The lowest BCUT2D eigenvalue weighted by Gasteiger charge is -2.27. The minimum absolute atomic E-state index is 0.156. The second-order valence-electron chi connectivity index (χ2n) is 7.54. The molecule has 1 amide bonds. The number of aromatic nitrogens is 3. The minimum Gasteiger partial charge on any atom is -0.494 e. The van der Waals surface area contributed by atoms with E-state index >= 15 is 0 Å². The van der Waals surface area contributed by atoms with Crippen molar-refractivity contribution in [2.75, 3.05) is 36.5 Å². The molecule has 0 unspecified atom stereocenters. The molecule has 164 valence electrons. The molecule has 1 aliphatic heterocycles. The highest BCUT2D eigenvalue weighted by atomic mass is 32.1. The Hall–Kier alpha value is -3.63. The summed E-state index contributed by atoms with van der Waals surface area (Å²) in [6, 6.07) is 9.29. The van der Waals surface area contributed by atoms with E-state index in [4.69, 9.17) is 10.5 Å². The van der Waals surface area contributed by atoms with E-state index in [9.17, 15) is 9.90 Å². The summed E-state index contributed by atoms with van der Waals surface area (Å²) >= 11 is 1.41. The molecule has 0 atom stereocenters. The standard InChI is InChI=1S/C22H22N6O3S/c1-27-12-16-14(22(27)30)3-4-18(25-16)26-21-15(20(23)29)10-17(32-21)13-2-5-19(24-11-13)28-6-8-31-9-7-28/h2-5,10-12,30H,6-9H2,1H3,(H2,23,29)(H,25,26). The molecule has 5 heterocycles. The molecule has 0 radical (unpaired) electrons. The summed E-state index contributed by atoms with van der Waals surface area (Å²) in [4.78, 5) is 24.3. The smallest absolute Gasteiger partial charge is 0.251 e. The number of nitrogens with two attached hydrogens (primary N) is 1. The van der Waals surface area contributed by atoms with Crippen LogP contribution in [0.15, 0.2) is 42.7 Å². The zero-order chi connectivity index (χ0) is 22.2. The van der Waals surface area contributed by atoms with Gasteiger partial charge in [0.1, 0.15) is 16.6 Å². The Bertz CT molecular complexity index is 1290. The fraction of sp³-hybridized carbons (Fsp3) is 0.227. The Morgan fingerprint density at radius 3 is 2.78 bits per heavy atom. The molecule has 4 aromatic heterocycles. The van der Waals surface area contributed by atoms with Crippen LogP contribution < -0.4 is 16.0 Å². The van der Waals surface area contributed by atoms with Gasteiger partial charge < -0.3 is 30.4 Å². The van der Waals surface area contributed by atoms with Gasteiger partial charge in [-0.25, -0.2) is 9.97 Å². The number of anilines is 3. The van der Waals surface area contributed by atoms with E-state index in [0.29, 0.717) is 40.5 Å². The van der Waals surface area contributed by atoms with Crippen molar-refractivity contribution in [1.82, 2.24) is 14.5 Å². The number of aromatic hydroxyl groups is 1. The van der Waals surface area contributed by atoms with E-state index in [0.717, 1.165) is 29.3 Å². The van der Waals surface area contributed by atoms with Crippen LogP contribution in [-0.2, 0) is 11.8 Å². The minimum atomic E-state index is -0.522. The Kier molecular flexibility index (Phi) is 5.16. The molecule has 0 spiro atoms. The summed E-state index contributed by atoms with van der Waals surface area (Å²) in [7, 11) is 1.75. The van der Waals surface area contributed by atoms with Crippen molar-refractivity contribution in [1.29, 1.82) is 0 Å². The number of hydrogen-bond donors (Lipinski definition) is 3. The summed E-state index contributed by atoms with van der Waals surface area (Å²) in [6.07, 6.45) is 3.55. The lowest BCUT2D eigenvalue weighted by molar-refractivity contribution is 0.100. The molecule has 0 saturated carbocycles. The third-order valence-corrected chi connectivity index (χ3v) is 6.52. The number of aryl methyl sites for hydroxylation is 1. The van der Waals surface area contributed by atoms with Gasteiger partial charge in [-0.2, -0.15) is 0 Å². The Balaban J connectivity index is 1.43. The SMILES string of the molecule is Cn1cc2nc(Nc3sc(-c4ccc(N5CCOCC5)nc4)cc3C(N)=O)ccc2c1O. The average Bonchev–Trinajstić information content (AvgIpc) is 3.35. The van der Waals surface area contributed by atoms with Crippen molar-refractivity contribution in [3.05, 3.63) is 48.3 Å². The number of thiophene rings is 1. The molecule has 9 nitrogen and oxygen atoms in total. The van der Waals surface area contributed by atoms with Gasteiger partial charge in [-0.15, -0.1) is 11.3 Å². The number of carbonyl (C=O) groups is 1. The predicted octanol–water partition coefficient (Wildman–Crippen LogP) is 3.08. The summed E-state index contributed by atoms with van der Waals surface area (Å²) < 4.78 is 7.00. The highest BCUT2D eigenvalue weighted by molar-refractivity contribution is 7.19. The van der Waals surface area contributed by atoms with Crippen LogP contribution in [0.2, 0.25) is 0 Å². The van der Waals surface area contributed by atoms with Crippen LogP contribution >= 0.6 is 11.3 Å². The maximum atomic E-state index is 12.1. The number of nitrogens with zero attached hydrogens (tertiary/aromatic N) is 4. The maximum Gasteiger partial charge on any atom is 0.251 e. The van der Waals surface area contributed by atoms with Crippen LogP contribution in [0.5, 0.6) is 5.88 Å². The second-order valence-corrected chi connectivity index (χ2v) is 8.59. The van der Waals surface area contributed by atoms with Crippen molar-refractivity contribution >= 4 is 44.8 Å². The van der Waals surface area contributed by atoms with Gasteiger partial charge in [-0.05, 0) is 30.3 Å². The van der Waals surface area contributed by atoms with Crippen LogP contribution in [0.25, 0.3) is 21.3 Å². The molecule has 0 bridgehead atoms. The number of morpholine rings is 1. The number of fused-ring (bicyclic) bond motifs is 1. The first-order chi connectivity index (χ1) is 15.5. The quantitative estimate of drug-likeness (QED) is 0.428. The molecule has 1 fully saturated rings. The highest BCUT2D eigenvalue weighted by Gasteiger charge is 2.18. The Morgan fingerprint density at radius 1 is 1.25 bits per heavy atom.